The number of aromatic nitrogens is 2. The largest absolute Gasteiger partial charge is 0.403 e. The number of rotatable bonds is 9. The monoisotopic (exact) mass is 504 g/mol. The van der Waals surface area contributed by atoms with Crippen LogP contribution in [0.25, 0.3) is 11.5 Å². The van der Waals surface area contributed by atoms with Gasteiger partial charge in [-0.3, -0.25) is 14.6 Å². The fourth-order valence-corrected chi connectivity index (χ4v) is 6.25. The van der Waals surface area contributed by atoms with Gasteiger partial charge in [0.05, 0.1) is 5.56 Å². The predicted molar refractivity (Wildman–Crippen MR) is 140 cm³/mol. The maximum Gasteiger partial charge on any atom is 0.315 e. The van der Waals surface area contributed by atoms with Crippen molar-refractivity contribution in [3.8, 4) is 11.5 Å². The van der Waals surface area contributed by atoms with Crippen molar-refractivity contribution in [2.45, 2.75) is 50.6 Å². The molecule has 1 aliphatic carbocycles. The van der Waals surface area contributed by atoms with E-state index in [1.54, 1.807) is 18.2 Å². The second kappa shape index (κ2) is 9.87. The number of nitrogens with one attached hydrogen (secondary N) is 2. The van der Waals surface area contributed by atoms with Gasteiger partial charge in [0, 0.05) is 55.6 Å². The van der Waals surface area contributed by atoms with Crippen LogP contribution < -0.4 is 10.6 Å². The molecule has 1 saturated carbocycles. The van der Waals surface area contributed by atoms with E-state index in [2.05, 4.69) is 30.6 Å². The molecule has 3 aliphatic rings. The molecule has 2 unspecified atom stereocenters. The van der Waals surface area contributed by atoms with E-state index in [0.717, 1.165) is 36.7 Å². The first-order chi connectivity index (χ1) is 18.1. The normalized spacial score (nSPS) is 22.9. The van der Waals surface area contributed by atoms with Gasteiger partial charge in [-0.1, -0.05) is 24.2 Å². The molecule has 6 rings (SSSR count). The molecule has 3 heterocycles. The lowest BCUT2D eigenvalue weighted by molar-refractivity contribution is -0.173. The van der Waals surface area contributed by atoms with E-state index in [4.69, 9.17) is 4.42 Å². The van der Waals surface area contributed by atoms with Gasteiger partial charge in [0.25, 0.3) is 5.91 Å². The van der Waals surface area contributed by atoms with Crippen molar-refractivity contribution in [1.29, 1.82) is 0 Å². The first kappa shape index (κ1) is 24.1. The highest BCUT2D eigenvalue weighted by Crippen LogP contribution is 2.51. The van der Waals surface area contributed by atoms with Gasteiger partial charge >= 0.3 is 6.01 Å². The second-order valence-electron chi connectivity index (χ2n) is 10.3. The summed E-state index contributed by atoms with van der Waals surface area (Å²) in [6.07, 6.45) is 5.81. The molecule has 1 amide bonds. The quantitative estimate of drug-likeness (QED) is 0.417. The molecule has 194 valence electrons. The second-order valence-corrected chi connectivity index (χ2v) is 10.3. The number of hydrogen-bond donors (Lipinski definition) is 2. The van der Waals surface area contributed by atoms with Gasteiger partial charge in [0.15, 0.2) is 0 Å². The zero-order chi connectivity index (χ0) is 25.4. The molecule has 1 aromatic heterocycles. The standard InChI is InChI=1S/C28H33FN6O2/c1-2-19-18-20(31-25(36)22-6-3-4-7-23(22)29)8-9-21(19)26-32-33-27(37-26)30-13-5-14-34-16-17-35-15-12-28(35)11-10-24(28)34/h3-4,6-9,18,24H,2,5,10-17H2,1H3,(H,30,33)(H,31,36). The summed E-state index contributed by atoms with van der Waals surface area (Å²) in [6, 6.07) is 12.6. The number of amides is 1. The third-order valence-electron chi connectivity index (χ3n) is 8.43. The minimum absolute atomic E-state index is 0.00901. The Kier molecular flexibility index (Phi) is 6.42. The molecule has 2 atom stereocenters. The number of hydrogen-bond acceptors (Lipinski definition) is 7. The highest BCUT2D eigenvalue weighted by Gasteiger charge is 2.59. The Hall–Kier alpha value is -3.30. The maximum atomic E-state index is 14.0. The molecule has 2 N–H and O–H groups in total. The van der Waals surface area contributed by atoms with Gasteiger partial charge in [-0.05, 0) is 68.0 Å². The lowest BCUT2D eigenvalue weighted by Crippen LogP contribution is -2.79. The maximum absolute atomic E-state index is 14.0. The van der Waals surface area contributed by atoms with Gasteiger partial charge in [-0.15, -0.1) is 5.10 Å². The molecule has 2 aliphatic heterocycles. The van der Waals surface area contributed by atoms with Gasteiger partial charge in [-0.2, -0.15) is 0 Å². The Labute approximate surface area is 216 Å². The van der Waals surface area contributed by atoms with Crippen molar-refractivity contribution in [1.82, 2.24) is 20.0 Å². The van der Waals surface area contributed by atoms with Crippen molar-refractivity contribution in [3.63, 3.8) is 0 Å². The minimum Gasteiger partial charge on any atom is -0.403 e. The Morgan fingerprint density at radius 3 is 2.81 bits per heavy atom. The lowest BCUT2D eigenvalue weighted by atomic mass is 9.61. The number of halogens is 1. The van der Waals surface area contributed by atoms with E-state index in [0.29, 0.717) is 29.6 Å². The Bertz CT molecular complexity index is 1290. The minimum atomic E-state index is -0.550. The predicted octanol–water partition coefficient (Wildman–Crippen LogP) is 4.41. The molecule has 3 aromatic rings. The van der Waals surface area contributed by atoms with Crippen LogP contribution in [0.1, 0.15) is 48.5 Å². The molecule has 2 aromatic carbocycles. The van der Waals surface area contributed by atoms with Crippen molar-refractivity contribution in [2.75, 3.05) is 43.4 Å². The Morgan fingerprint density at radius 2 is 2.05 bits per heavy atom. The summed E-state index contributed by atoms with van der Waals surface area (Å²) in [7, 11) is 0. The molecule has 2 saturated heterocycles. The number of carbonyl (C=O) groups excluding carboxylic acids is 1. The van der Waals surface area contributed by atoms with Gasteiger partial charge in [0.1, 0.15) is 5.82 Å². The molecule has 3 fully saturated rings. The molecular weight excluding hydrogens is 471 g/mol. The van der Waals surface area contributed by atoms with E-state index < -0.39 is 11.7 Å². The zero-order valence-electron chi connectivity index (χ0n) is 21.2. The number of benzene rings is 2. The summed E-state index contributed by atoms with van der Waals surface area (Å²) >= 11 is 0. The molecule has 0 radical (unpaired) electrons. The highest BCUT2D eigenvalue weighted by molar-refractivity contribution is 6.04. The summed E-state index contributed by atoms with van der Waals surface area (Å²) < 4.78 is 19.9. The zero-order valence-corrected chi connectivity index (χ0v) is 21.2. The van der Waals surface area contributed by atoms with Crippen LogP contribution in [0, 0.1) is 5.82 Å². The summed E-state index contributed by atoms with van der Waals surface area (Å²) in [5.74, 6) is -0.603. The first-order valence-electron chi connectivity index (χ1n) is 13.3. The molecular formula is C28H33FN6O2. The van der Waals surface area contributed by atoms with Crippen molar-refractivity contribution in [3.05, 3.63) is 59.4 Å². The van der Waals surface area contributed by atoms with Crippen LogP contribution in [0.3, 0.4) is 0 Å². The first-order valence-corrected chi connectivity index (χ1v) is 13.3. The summed E-state index contributed by atoms with van der Waals surface area (Å²) in [4.78, 5) is 17.9. The summed E-state index contributed by atoms with van der Waals surface area (Å²) in [6.45, 7) is 7.57. The number of carbonyl (C=O) groups is 1. The van der Waals surface area contributed by atoms with E-state index in [-0.39, 0.29) is 5.56 Å². The van der Waals surface area contributed by atoms with E-state index >= 15 is 0 Å². The SMILES string of the molecule is CCc1cc(NC(=O)c2ccccc2F)ccc1-c1nnc(NCCCN2CCN3CCC34CCC24)o1. The third-order valence-corrected chi connectivity index (χ3v) is 8.43. The van der Waals surface area contributed by atoms with E-state index in [1.807, 2.05) is 19.1 Å². The number of aryl methyl sites for hydroxylation is 1. The van der Waals surface area contributed by atoms with Gasteiger partial charge < -0.3 is 15.1 Å². The lowest BCUT2D eigenvalue weighted by Gasteiger charge is -2.69. The van der Waals surface area contributed by atoms with Gasteiger partial charge in [-0.25, -0.2) is 4.39 Å². The average molecular weight is 505 g/mol. The van der Waals surface area contributed by atoms with Crippen LogP contribution in [0.2, 0.25) is 0 Å². The molecule has 1 spiro atoms. The average Bonchev–Trinajstić information content (AvgIpc) is 3.33. The van der Waals surface area contributed by atoms with Crippen LogP contribution in [0.15, 0.2) is 46.9 Å². The Morgan fingerprint density at radius 1 is 1.16 bits per heavy atom. The summed E-state index contributed by atoms with van der Waals surface area (Å²) in [5.41, 5.74) is 2.88. The molecule has 9 heteroatoms. The summed E-state index contributed by atoms with van der Waals surface area (Å²) in [5, 5.41) is 14.5. The van der Waals surface area contributed by atoms with Crippen LogP contribution in [0.4, 0.5) is 16.1 Å². The van der Waals surface area contributed by atoms with E-state index in [9.17, 15) is 9.18 Å². The molecule has 0 bridgehead atoms. The van der Waals surface area contributed by atoms with E-state index in [1.165, 1.54) is 51.0 Å². The van der Waals surface area contributed by atoms with Gasteiger partial charge in [0.2, 0.25) is 5.89 Å². The van der Waals surface area contributed by atoms with Crippen LogP contribution in [0.5, 0.6) is 0 Å². The number of anilines is 2. The van der Waals surface area contributed by atoms with Crippen molar-refractivity contribution in [2.24, 2.45) is 0 Å². The smallest absolute Gasteiger partial charge is 0.315 e. The Balaban J connectivity index is 1.04. The molecule has 37 heavy (non-hydrogen) atoms. The fourth-order valence-electron chi connectivity index (χ4n) is 6.25. The highest BCUT2D eigenvalue weighted by atomic mass is 19.1. The topological polar surface area (TPSA) is 86.5 Å². The number of piperazine rings is 1. The van der Waals surface area contributed by atoms with Crippen LogP contribution in [-0.4, -0.2) is 70.2 Å². The third kappa shape index (κ3) is 4.40. The van der Waals surface area contributed by atoms with Crippen molar-refractivity contribution >= 4 is 17.6 Å². The van der Waals surface area contributed by atoms with Crippen molar-refractivity contribution < 1.29 is 13.6 Å². The number of nitrogens with zero attached hydrogens (tertiary/aromatic N) is 4. The molecule has 8 nitrogen and oxygen atoms in total. The van der Waals surface area contributed by atoms with Crippen LogP contribution in [-0.2, 0) is 6.42 Å². The fraction of sp³-hybridized carbons (Fsp3) is 0.464. The van der Waals surface area contributed by atoms with Crippen LogP contribution >= 0.6 is 0 Å².